The van der Waals surface area contributed by atoms with Gasteiger partial charge in [-0.1, -0.05) is 18.2 Å². The smallest absolute Gasteiger partial charge is 0.243 e. The molecule has 1 amide bonds. The van der Waals surface area contributed by atoms with Crippen LogP contribution in [0.1, 0.15) is 12.8 Å². The Morgan fingerprint density at radius 2 is 2.44 bits per heavy atom. The lowest BCUT2D eigenvalue weighted by molar-refractivity contribution is -0.117. The van der Waals surface area contributed by atoms with Gasteiger partial charge in [0.1, 0.15) is 0 Å². The van der Waals surface area contributed by atoms with Gasteiger partial charge in [0, 0.05) is 24.6 Å². The maximum absolute atomic E-state index is 11.7. The van der Waals surface area contributed by atoms with Crippen molar-refractivity contribution in [2.24, 2.45) is 5.41 Å². The van der Waals surface area contributed by atoms with Crippen LogP contribution in [0.3, 0.4) is 0 Å². The van der Waals surface area contributed by atoms with E-state index >= 15 is 0 Å². The van der Waals surface area contributed by atoms with Crippen molar-refractivity contribution in [3.05, 3.63) is 24.3 Å². The summed E-state index contributed by atoms with van der Waals surface area (Å²) in [4.78, 5) is 13.7. The van der Waals surface area contributed by atoms with Gasteiger partial charge >= 0.3 is 0 Å². The number of hydrogen-bond donors (Lipinski definition) is 1. The maximum Gasteiger partial charge on any atom is 0.243 e. The molecule has 2 atom stereocenters. The summed E-state index contributed by atoms with van der Waals surface area (Å²) in [7, 11) is 3.96. The number of likely N-dealkylation sites (N-methyl/N-ethyl adjacent to an activating group) is 1. The van der Waals surface area contributed by atoms with Gasteiger partial charge in [0.05, 0.1) is 12.7 Å². The zero-order valence-corrected chi connectivity index (χ0v) is 11.2. The number of carbonyl (C=O) groups is 1. The van der Waals surface area contributed by atoms with E-state index in [1.54, 1.807) is 6.08 Å². The van der Waals surface area contributed by atoms with Gasteiger partial charge in [-0.05, 0) is 26.9 Å². The van der Waals surface area contributed by atoms with Crippen LogP contribution in [-0.4, -0.2) is 50.7 Å². The molecule has 1 aliphatic heterocycles. The van der Waals surface area contributed by atoms with Gasteiger partial charge in [0.2, 0.25) is 5.91 Å². The number of rotatable bonds is 5. The molecule has 18 heavy (non-hydrogen) atoms. The molecule has 2 aliphatic rings. The van der Waals surface area contributed by atoms with Gasteiger partial charge in [0.15, 0.2) is 0 Å². The molecule has 0 saturated carbocycles. The molecule has 2 rings (SSSR count). The highest BCUT2D eigenvalue weighted by Crippen LogP contribution is 2.39. The minimum Gasteiger partial charge on any atom is -0.373 e. The van der Waals surface area contributed by atoms with E-state index in [4.69, 9.17) is 4.74 Å². The molecule has 1 aliphatic carbocycles. The monoisotopic (exact) mass is 250 g/mol. The highest BCUT2D eigenvalue weighted by Gasteiger charge is 2.40. The van der Waals surface area contributed by atoms with Crippen molar-refractivity contribution in [1.29, 1.82) is 0 Å². The van der Waals surface area contributed by atoms with Crippen molar-refractivity contribution in [2.75, 3.05) is 33.8 Å². The molecule has 2 unspecified atom stereocenters. The van der Waals surface area contributed by atoms with Gasteiger partial charge in [-0.3, -0.25) is 4.79 Å². The molecule has 1 saturated heterocycles. The number of carbonyl (C=O) groups excluding carboxylic acids is 1. The Labute approximate surface area is 109 Å². The maximum atomic E-state index is 11.7. The lowest BCUT2D eigenvalue weighted by Crippen LogP contribution is -2.38. The largest absolute Gasteiger partial charge is 0.373 e. The SMILES string of the molecule is CN(C)C/C=C/C(=O)NCC12CC=CC(C1)OC2. The molecular weight excluding hydrogens is 228 g/mol. The molecule has 1 fully saturated rings. The highest BCUT2D eigenvalue weighted by atomic mass is 16.5. The number of amides is 1. The van der Waals surface area contributed by atoms with Crippen LogP contribution in [0.5, 0.6) is 0 Å². The summed E-state index contributed by atoms with van der Waals surface area (Å²) < 4.78 is 5.66. The van der Waals surface area contributed by atoms with E-state index in [-0.39, 0.29) is 17.4 Å². The predicted molar refractivity (Wildman–Crippen MR) is 71.3 cm³/mol. The standard InChI is InChI=1S/C14H22N2O2/c1-16(2)8-4-6-13(17)15-10-14-7-3-5-12(9-14)18-11-14/h3-6,12H,7-11H2,1-2H3,(H,15,17)/b6-4+. The van der Waals surface area contributed by atoms with Crippen LogP contribution in [-0.2, 0) is 9.53 Å². The summed E-state index contributed by atoms with van der Waals surface area (Å²) >= 11 is 0. The Morgan fingerprint density at radius 1 is 1.61 bits per heavy atom. The third-order valence-corrected chi connectivity index (χ3v) is 3.52. The van der Waals surface area contributed by atoms with E-state index in [9.17, 15) is 4.79 Å². The average Bonchev–Trinajstić information content (AvgIpc) is 2.62. The number of fused-ring (bicyclic) bond motifs is 2. The van der Waals surface area contributed by atoms with Crippen LogP contribution in [0.25, 0.3) is 0 Å². The fraction of sp³-hybridized carbons (Fsp3) is 0.643. The third kappa shape index (κ3) is 3.43. The first-order valence-electron chi connectivity index (χ1n) is 6.47. The van der Waals surface area contributed by atoms with Crippen LogP contribution in [0.15, 0.2) is 24.3 Å². The molecule has 100 valence electrons. The normalized spacial score (nSPS) is 30.3. The van der Waals surface area contributed by atoms with E-state index in [2.05, 4.69) is 17.5 Å². The Morgan fingerprint density at radius 3 is 3.22 bits per heavy atom. The number of nitrogens with one attached hydrogen (secondary N) is 1. The van der Waals surface area contributed by atoms with Gasteiger partial charge in [-0.25, -0.2) is 0 Å². The van der Waals surface area contributed by atoms with Crippen molar-refractivity contribution in [3.8, 4) is 0 Å². The van der Waals surface area contributed by atoms with Crippen LogP contribution in [0.2, 0.25) is 0 Å². The van der Waals surface area contributed by atoms with Crippen LogP contribution >= 0.6 is 0 Å². The van der Waals surface area contributed by atoms with Gasteiger partial charge < -0.3 is 15.0 Å². The first-order chi connectivity index (χ1) is 8.60. The van der Waals surface area contributed by atoms with Crippen molar-refractivity contribution in [3.63, 3.8) is 0 Å². The first-order valence-corrected chi connectivity index (χ1v) is 6.47. The van der Waals surface area contributed by atoms with Crippen molar-refractivity contribution < 1.29 is 9.53 Å². The molecule has 0 radical (unpaired) electrons. The molecule has 1 N–H and O–H groups in total. The quantitative estimate of drug-likeness (QED) is 0.583. The average molecular weight is 250 g/mol. The number of nitrogens with zero attached hydrogens (tertiary/aromatic N) is 1. The summed E-state index contributed by atoms with van der Waals surface area (Å²) in [5, 5.41) is 2.99. The minimum atomic E-state index is -0.00997. The zero-order valence-electron chi connectivity index (χ0n) is 11.2. The summed E-state index contributed by atoms with van der Waals surface area (Å²) in [6.07, 6.45) is 10.1. The molecule has 1 heterocycles. The molecule has 2 bridgehead atoms. The van der Waals surface area contributed by atoms with Gasteiger partial charge in [-0.2, -0.15) is 0 Å². The lowest BCUT2D eigenvalue weighted by Gasteiger charge is -2.27. The van der Waals surface area contributed by atoms with E-state index in [0.29, 0.717) is 6.54 Å². The van der Waals surface area contributed by atoms with Gasteiger partial charge in [-0.15, -0.1) is 0 Å². The van der Waals surface area contributed by atoms with Crippen molar-refractivity contribution >= 4 is 5.91 Å². The van der Waals surface area contributed by atoms with Gasteiger partial charge in [0.25, 0.3) is 0 Å². The molecule has 0 aromatic rings. The number of hydrogen-bond acceptors (Lipinski definition) is 3. The Balaban J connectivity index is 1.76. The fourth-order valence-corrected chi connectivity index (χ4v) is 2.46. The molecule has 4 nitrogen and oxygen atoms in total. The van der Waals surface area contributed by atoms with E-state index in [0.717, 1.165) is 26.0 Å². The lowest BCUT2D eigenvalue weighted by atomic mass is 9.79. The summed E-state index contributed by atoms with van der Waals surface area (Å²) in [6, 6.07) is 0. The van der Waals surface area contributed by atoms with Crippen LogP contribution < -0.4 is 5.32 Å². The fourth-order valence-electron chi connectivity index (χ4n) is 2.46. The molecular formula is C14H22N2O2. The molecule has 0 aromatic carbocycles. The summed E-state index contributed by atoms with van der Waals surface area (Å²) in [5.74, 6) is -0.00997. The Bertz CT molecular complexity index is 363. The van der Waals surface area contributed by atoms with E-state index < -0.39 is 0 Å². The Kier molecular flexibility index (Phi) is 4.19. The second-order valence-electron chi connectivity index (χ2n) is 5.57. The number of ether oxygens (including phenoxy) is 1. The minimum absolute atomic E-state index is 0.00997. The third-order valence-electron chi connectivity index (χ3n) is 3.52. The van der Waals surface area contributed by atoms with Crippen LogP contribution in [0, 0.1) is 5.41 Å². The second-order valence-corrected chi connectivity index (χ2v) is 5.57. The molecule has 4 heteroatoms. The van der Waals surface area contributed by atoms with Crippen molar-refractivity contribution in [2.45, 2.75) is 18.9 Å². The first kappa shape index (κ1) is 13.3. The topological polar surface area (TPSA) is 41.6 Å². The van der Waals surface area contributed by atoms with E-state index in [1.165, 1.54) is 0 Å². The Hall–Kier alpha value is -1.13. The summed E-state index contributed by atoms with van der Waals surface area (Å²) in [6.45, 7) is 2.25. The van der Waals surface area contributed by atoms with E-state index in [1.807, 2.05) is 25.1 Å². The summed E-state index contributed by atoms with van der Waals surface area (Å²) in [5.41, 5.74) is 0.129. The zero-order chi connectivity index (χ0) is 13.0. The number of allylic oxidation sites excluding steroid dienone is 1. The highest BCUT2D eigenvalue weighted by molar-refractivity contribution is 5.87. The predicted octanol–water partition coefficient (Wildman–Crippen LogP) is 0.956. The molecule has 0 spiro atoms. The molecule has 0 aromatic heterocycles. The second kappa shape index (κ2) is 5.67. The van der Waals surface area contributed by atoms with Crippen LogP contribution in [0.4, 0.5) is 0 Å². The van der Waals surface area contributed by atoms with Crippen molar-refractivity contribution in [1.82, 2.24) is 10.2 Å².